The molecule has 0 aromatic rings. The largest absolute Gasteiger partial charge is 0.351 e. The molecule has 0 bridgehead atoms. The monoisotopic (exact) mass is 170 g/mol. The minimum absolute atomic E-state index is 0.0208. The smallest absolute Gasteiger partial charge is 0.207 e. The van der Waals surface area contributed by atoms with Gasteiger partial charge in [-0.1, -0.05) is 25.5 Å². The zero-order valence-electron chi connectivity index (χ0n) is 7.84. The van der Waals surface area contributed by atoms with E-state index in [4.69, 9.17) is 5.73 Å². The molecule has 0 fully saturated rings. The lowest BCUT2D eigenvalue weighted by molar-refractivity contribution is -0.109. The normalized spacial score (nSPS) is 14.1. The van der Waals surface area contributed by atoms with Crippen LogP contribution in [0.1, 0.15) is 26.7 Å². The summed E-state index contributed by atoms with van der Waals surface area (Å²) in [5.41, 5.74) is 6.72. The Morgan fingerprint density at radius 2 is 2.25 bits per heavy atom. The fraction of sp³-hybridized carbons (Fsp3) is 0.667. The van der Waals surface area contributed by atoms with Crippen LogP contribution in [0.5, 0.6) is 0 Å². The lowest BCUT2D eigenvalue weighted by Gasteiger charge is -2.16. The van der Waals surface area contributed by atoms with Gasteiger partial charge >= 0.3 is 0 Å². The van der Waals surface area contributed by atoms with Crippen LogP contribution in [0.2, 0.25) is 0 Å². The SMILES string of the molecule is CC/C=C(\CC)C(CN)NC=O. The van der Waals surface area contributed by atoms with Crippen molar-refractivity contribution < 1.29 is 4.79 Å². The van der Waals surface area contributed by atoms with Crippen LogP contribution >= 0.6 is 0 Å². The Bertz CT molecular complexity index is 155. The fourth-order valence-electron chi connectivity index (χ4n) is 1.20. The molecule has 0 aliphatic rings. The predicted molar refractivity (Wildman–Crippen MR) is 50.7 cm³/mol. The molecular formula is C9H18N2O. The Morgan fingerprint density at radius 3 is 2.58 bits per heavy atom. The van der Waals surface area contributed by atoms with E-state index in [-0.39, 0.29) is 6.04 Å². The Hall–Kier alpha value is -0.830. The number of rotatable bonds is 6. The molecule has 0 radical (unpaired) electrons. The van der Waals surface area contributed by atoms with Gasteiger partial charge in [-0.15, -0.1) is 0 Å². The molecule has 0 rings (SSSR count). The molecule has 70 valence electrons. The van der Waals surface area contributed by atoms with Crippen molar-refractivity contribution in [1.82, 2.24) is 5.32 Å². The van der Waals surface area contributed by atoms with Crippen LogP contribution in [0.25, 0.3) is 0 Å². The van der Waals surface area contributed by atoms with Crippen molar-refractivity contribution in [3.8, 4) is 0 Å². The quantitative estimate of drug-likeness (QED) is 0.458. The van der Waals surface area contributed by atoms with Crippen molar-refractivity contribution in [2.24, 2.45) is 5.73 Å². The molecule has 0 spiro atoms. The third-order valence-corrected chi connectivity index (χ3v) is 1.83. The summed E-state index contributed by atoms with van der Waals surface area (Å²) < 4.78 is 0. The molecule has 0 aromatic carbocycles. The summed E-state index contributed by atoms with van der Waals surface area (Å²) in [5.74, 6) is 0. The summed E-state index contributed by atoms with van der Waals surface area (Å²) in [7, 11) is 0. The summed E-state index contributed by atoms with van der Waals surface area (Å²) in [6, 6.07) is 0.0208. The lowest BCUT2D eigenvalue weighted by Crippen LogP contribution is -2.36. The molecule has 0 saturated carbocycles. The maximum atomic E-state index is 10.2. The highest BCUT2D eigenvalue weighted by molar-refractivity contribution is 5.48. The van der Waals surface area contributed by atoms with Gasteiger partial charge in [-0.05, 0) is 12.8 Å². The molecule has 0 heterocycles. The van der Waals surface area contributed by atoms with Crippen LogP contribution in [0.15, 0.2) is 11.6 Å². The molecule has 1 unspecified atom stereocenters. The van der Waals surface area contributed by atoms with Crippen LogP contribution < -0.4 is 11.1 Å². The first-order chi connectivity index (χ1) is 5.79. The third kappa shape index (κ3) is 3.53. The Balaban J connectivity index is 4.21. The number of amides is 1. The van der Waals surface area contributed by atoms with E-state index in [1.807, 2.05) is 0 Å². The highest BCUT2D eigenvalue weighted by atomic mass is 16.1. The zero-order chi connectivity index (χ0) is 9.40. The molecule has 1 atom stereocenters. The summed E-state index contributed by atoms with van der Waals surface area (Å²) in [4.78, 5) is 10.2. The second-order valence-electron chi connectivity index (χ2n) is 2.61. The first-order valence-electron chi connectivity index (χ1n) is 4.38. The predicted octanol–water partition coefficient (Wildman–Crippen LogP) is 0.806. The van der Waals surface area contributed by atoms with Gasteiger partial charge in [0.05, 0.1) is 6.04 Å². The number of nitrogens with two attached hydrogens (primary N) is 1. The minimum atomic E-state index is 0.0208. The van der Waals surface area contributed by atoms with E-state index in [1.165, 1.54) is 5.57 Å². The maximum absolute atomic E-state index is 10.2. The average Bonchev–Trinajstić information content (AvgIpc) is 2.11. The van der Waals surface area contributed by atoms with Gasteiger partial charge in [0.2, 0.25) is 6.41 Å². The molecule has 0 aliphatic heterocycles. The number of allylic oxidation sites excluding steroid dienone is 1. The van der Waals surface area contributed by atoms with Crippen molar-refractivity contribution in [3.05, 3.63) is 11.6 Å². The van der Waals surface area contributed by atoms with Gasteiger partial charge < -0.3 is 11.1 Å². The molecular weight excluding hydrogens is 152 g/mol. The fourth-order valence-corrected chi connectivity index (χ4v) is 1.20. The van der Waals surface area contributed by atoms with E-state index in [0.29, 0.717) is 13.0 Å². The van der Waals surface area contributed by atoms with E-state index < -0.39 is 0 Å². The highest BCUT2D eigenvalue weighted by Gasteiger charge is 2.07. The van der Waals surface area contributed by atoms with E-state index >= 15 is 0 Å². The number of carbonyl (C=O) groups is 1. The number of hydrogen-bond acceptors (Lipinski definition) is 2. The van der Waals surface area contributed by atoms with Gasteiger partial charge in [0.25, 0.3) is 0 Å². The van der Waals surface area contributed by atoms with Crippen LogP contribution in [0.4, 0.5) is 0 Å². The van der Waals surface area contributed by atoms with Crippen LogP contribution in [-0.2, 0) is 4.79 Å². The molecule has 1 amide bonds. The summed E-state index contributed by atoms with van der Waals surface area (Å²) in [6.45, 7) is 4.61. The topological polar surface area (TPSA) is 55.1 Å². The average molecular weight is 170 g/mol. The van der Waals surface area contributed by atoms with E-state index in [1.54, 1.807) is 0 Å². The molecule has 0 aliphatic carbocycles. The number of carbonyl (C=O) groups excluding carboxylic acids is 1. The zero-order valence-corrected chi connectivity index (χ0v) is 7.84. The Morgan fingerprint density at radius 1 is 1.58 bits per heavy atom. The Kier molecular flexibility index (Phi) is 6.38. The molecule has 3 heteroatoms. The highest BCUT2D eigenvalue weighted by Crippen LogP contribution is 2.06. The summed E-state index contributed by atoms with van der Waals surface area (Å²) in [6.07, 6.45) is 4.75. The van der Waals surface area contributed by atoms with Crippen molar-refractivity contribution in [3.63, 3.8) is 0 Å². The van der Waals surface area contributed by atoms with Crippen LogP contribution in [0.3, 0.4) is 0 Å². The van der Waals surface area contributed by atoms with Crippen molar-refractivity contribution in [2.45, 2.75) is 32.7 Å². The number of nitrogens with one attached hydrogen (secondary N) is 1. The second-order valence-corrected chi connectivity index (χ2v) is 2.61. The van der Waals surface area contributed by atoms with E-state index in [2.05, 4.69) is 25.2 Å². The molecule has 3 nitrogen and oxygen atoms in total. The lowest BCUT2D eigenvalue weighted by atomic mass is 10.0. The van der Waals surface area contributed by atoms with Crippen molar-refractivity contribution >= 4 is 6.41 Å². The molecule has 12 heavy (non-hydrogen) atoms. The van der Waals surface area contributed by atoms with Gasteiger partial charge in [-0.3, -0.25) is 4.79 Å². The van der Waals surface area contributed by atoms with Crippen LogP contribution in [0, 0.1) is 0 Å². The van der Waals surface area contributed by atoms with Crippen molar-refractivity contribution in [2.75, 3.05) is 6.54 Å². The van der Waals surface area contributed by atoms with Crippen molar-refractivity contribution in [1.29, 1.82) is 0 Å². The molecule has 0 saturated heterocycles. The van der Waals surface area contributed by atoms with Gasteiger partial charge in [-0.2, -0.15) is 0 Å². The van der Waals surface area contributed by atoms with E-state index in [9.17, 15) is 4.79 Å². The maximum Gasteiger partial charge on any atom is 0.207 e. The third-order valence-electron chi connectivity index (χ3n) is 1.83. The van der Waals surface area contributed by atoms with Gasteiger partial charge in [0.1, 0.15) is 0 Å². The second kappa shape index (κ2) is 6.85. The van der Waals surface area contributed by atoms with Gasteiger partial charge in [0, 0.05) is 6.54 Å². The number of hydrogen-bond donors (Lipinski definition) is 2. The minimum Gasteiger partial charge on any atom is -0.351 e. The molecule has 3 N–H and O–H groups in total. The van der Waals surface area contributed by atoms with Crippen LogP contribution in [-0.4, -0.2) is 19.0 Å². The van der Waals surface area contributed by atoms with Gasteiger partial charge in [-0.25, -0.2) is 0 Å². The summed E-state index contributed by atoms with van der Waals surface area (Å²) in [5, 5.41) is 2.69. The Labute approximate surface area is 74.0 Å². The van der Waals surface area contributed by atoms with Gasteiger partial charge in [0.15, 0.2) is 0 Å². The van der Waals surface area contributed by atoms with E-state index in [0.717, 1.165) is 12.8 Å². The standard InChI is InChI=1S/C9H18N2O/c1-3-5-8(4-2)9(6-10)11-7-12/h5,7,9H,3-4,6,10H2,1-2H3,(H,11,12)/b8-5+. The first-order valence-corrected chi connectivity index (χ1v) is 4.38. The summed E-state index contributed by atoms with van der Waals surface area (Å²) >= 11 is 0. The molecule has 0 aromatic heterocycles. The first kappa shape index (κ1) is 11.2.